The molecule has 0 saturated heterocycles. The quantitative estimate of drug-likeness (QED) is 0.464. The predicted molar refractivity (Wildman–Crippen MR) is 124 cm³/mol. The molecule has 0 heterocycles. The van der Waals surface area contributed by atoms with Gasteiger partial charge < -0.3 is 10.6 Å². The van der Waals surface area contributed by atoms with Gasteiger partial charge in [0.2, 0.25) is 5.91 Å². The molecule has 0 aliphatic heterocycles. The molecule has 164 valence electrons. The van der Waals surface area contributed by atoms with Crippen LogP contribution in [0.2, 0.25) is 5.02 Å². The fourth-order valence-corrected chi connectivity index (χ4v) is 4.38. The lowest BCUT2D eigenvalue weighted by Crippen LogP contribution is -2.16. The van der Waals surface area contributed by atoms with Crippen molar-refractivity contribution >= 4 is 50.5 Å². The maximum absolute atomic E-state index is 12.8. The molecule has 9 heteroatoms. The van der Waals surface area contributed by atoms with Crippen LogP contribution in [0.1, 0.15) is 23.2 Å². The molecule has 2 amide bonds. The van der Waals surface area contributed by atoms with Crippen molar-refractivity contribution in [2.75, 3.05) is 15.4 Å². The zero-order valence-corrected chi connectivity index (χ0v) is 18.4. The van der Waals surface area contributed by atoms with Crippen molar-refractivity contribution in [2.45, 2.75) is 17.7 Å². The molecule has 3 aromatic carbocycles. The van der Waals surface area contributed by atoms with E-state index >= 15 is 0 Å². The minimum Gasteiger partial charge on any atom is -0.326 e. The largest absolute Gasteiger partial charge is 0.326 e. The standard InChI is InChI=1S/C23H20ClN3O4S/c24-20-9-1-2-10-21(20)27-32(30,31)19-8-3-5-16(13-19)23(29)26-18-7-4-6-17(14-18)25-22(28)15-11-12-15/h1-10,13-15,27H,11-12H2,(H,25,28)(H,26,29). The summed E-state index contributed by atoms with van der Waals surface area (Å²) >= 11 is 6.04. The van der Waals surface area contributed by atoms with Crippen LogP contribution in [0.15, 0.2) is 77.7 Å². The fourth-order valence-electron chi connectivity index (χ4n) is 3.02. The maximum atomic E-state index is 12.8. The van der Waals surface area contributed by atoms with Gasteiger partial charge in [-0.1, -0.05) is 35.9 Å². The zero-order chi connectivity index (χ0) is 22.7. The molecule has 0 unspecified atom stereocenters. The Labute approximate surface area is 190 Å². The molecule has 0 bridgehead atoms. The molecule has 1 fully saturated rings. The molecule has 32 heavy (non-hydrogen) atoms. The lowest BCUT2D eigenvalue weighted by Gasteiger charge is -2.11. The van der Waals surface area contributed by atoms with E-state index in [-0.39, 0.29) is 33.0 Å². The molecule has 0 radical (unpaired) electrons. The SMILES string of the molecule is O=C(Nc1cccc(NC(=O)C2CC2)c1)c1cccc(S(=O)(=O)Nc2ccccc2Cl)c1. The Bertz CT molecular complexity index is 1290. The van der Waals surface area contributed by atoms with Crippen LogP contribution in [0.5, 0.6) is 0 Å². The number of sulfonamides is 1. The average Bonchev–Trinajstić information content (AvgIpc) is 3.61. The number of amides is 2. The number of benzene rings is 3. The second kappa shape index (κ2) is 9.02. The lowest BCUT2D eigenvalue weighted by atomic mass is 10.2. The van der Waals surface area contributed by atoms with Crippen molar-refractivity contribution < 1.29 is 18.0 Å². The van der Waals surface area contributed by atoms with Gasteiger partial charge in [0.15, 0.2) is 0 Å². The molecule has 1 aliphatic rings. The summed E-state index contributed by atoms with van der Waals surface area (Å²) < 4.78 is 27.9. The van der Waals surface area contributed by atoms with Crippen LogP contribution in [0.4, 0.5) is 17.1 Å². The number of hydrogen-bond acceptors (Lipinski definition) is 4. The molecule has 4 rings (SSSR count). The molecular weight excluding hydrogens is 450 g/mol. The summed E-state index contributed by atoms with van der Waals surface area (Å²) in [7, 11) is -3.95. The van der Waals surface area contributed by atoms with Gasteiger partial charge in [0.05, 0.1) is 15.6 Å². The van der Waals surface area contributed by atoms with E-state index in [0.717, 1.165) is 12.8 Å². The summed E-state index contributed by atoms with van der Waals surface area (Å²) in [5.74, 6) is -0.444. The van der Waals surface area contributed by atoms with Gasteiger partial charge in [-0.2, -0.15) is 0 Å². The highest BCUT2D eigenvalue weighted by molar-refractivity contribution is 7.92. The van der Waals surface area contributed by atoms with Crippen LogP contribution in [0.25, 0.3) is 0 Å². The molecule has 1 aliphatic carbocycles. The summed E-state index contributed by atoms with van der Waals surface area (Å²) in [6.45, 7) is 0. The average molecular weight is 470 g/mol. The van der Waals surface area contributed by atoms with E-state index < -0.39 is 15.9 Å². The Balaban J connectivity index is 1.49. The number of rotatable bonds is 7. The molecule has 0 atom stereocenters. The second-order valence-electron chi connectivity index (χ2n) is 7.41. The number of nitrogens with one attached hydrogen (secondary N) is 3. The van der Waals surface area contributed by atoms with E-state index in [1.54, 1.807) is 48.5 Å². The Morgan fingerprint density at radius 1 is 0.844 bits per heavy atom. The first-order chi connectivity index (χ1) is 15.3. The third-order valence-electron chi connectivity index (χ3n) is 4.86. The molecule has 0 aromatic heterocycles. The monoisotopic (exact) mass is 469 g/mol. The molecule has 7 nitrogen and oxygen atoms in total. The molecule has 1 saturated carbocycles. The summed E-state index contributed by atoms with van der Waals surface area (Å²) in [5, 5.41) is 5.82. The number of anilines is 3. The first-order valence-electron chi connectivity index (χ1n) is 9.91. The van der Waals surface area contributed by atoms with E-state index in [1.807, 2.05) is 0 Å². The highest BCUT2D eigenvalue weighted by atomic mass is 35.5. The normalized spacial score (nSPS) is 13.3. The van der Waals surface area contributed by atoms with Crippen LogP contribution in [0, 0.1) is 5.92 Å². The van der Waals surface area contributed by atoms with Crippen LogP contribution in [0.3, 0.4) is 0 Å². The number of halogens is 1. The summed E-state index contributed by atoms with van der Waals surface area (Å²) in [6.07, 6.45) is 1.79. The van der Waals surface area contributed by atoms with Gasteiger partial charge in [-0.3, -0.25) is 14.3 Å². The Morgan fingerprint density at radius 2 is 1.53 bits per heavy atom. The third-order valence-corrected chi connectivity index (χ3v) is 6.55. The fraction of sp³-hybridized carbons (Fsp3) is 0.130. The van der Waals surface area contributed by atoms with Crippen molar-refractivity contribution in [3.05, 3.63) is 83.4 Å². The van der Waals surface area contributed by atoms with Crippen LogP contribution < -0.4 is 15.4 Å². The summed E-state index contributed by atoms with van der Waals surface area (Å²) in [5.41, 5.74) is 1.47. The first kappa shape index (κ1) is 21.9. The third kappa shape index (κ3) is 5.27. The number of carbonyl (C=O) groups is 2. The van der Waals surface area contributed by atoms with Crippen molar-refractivity contribution in [3.8, 4) is 0 Å². The number of carbonyl (C=O) groups excluding carboxylic acids is 2. The Morgan fingerprint density at radius 3 is 2.25 bits per heavy atom. The minimum atomic E-state index is -3.95. The second-order valence-corrected chi connectivity index (χ2v) is 9.50. The van der Waals surface area contributed by atoms with E-state index in [2.05, 4.69) is 15.4 Å². The van der Waals surface area contributed by atoms with Gasteiger partial charge in [0.25, 0.3) is 15.9 Å². The van der Waals surface area contributed by atoms with E-state index in [1.165, 1.54) is 24.3 Å². The zero-order valence-electron chi connectivity index (χ0n) is 16.8. The minimum absolute atomic E-state index is 0.0302. The van der Waals surface area contributed by atoms with Crippen LogP contribution in [-0.4, -0.2) is 20.2 Å². The highest BCUT2D eigenvalue weighted by Gasteiger charge is 2.29. The maximum Gasteiger partial charge on any atom is 0.261 e. The van der Waals surface area contributed by atoms with Crippen LogP contribution in [-0.2, 0) is 14.8 Å². The van der Waals surface area contributed by atoms with Crippen molar-refractivity contribution in [3.63, 3.8) is 0 Å². The van der Waals surface area contributed by atoms with Gasteiger partial charge >= 0.3 is 0 Å². The van der Waals surface area contributed by atoms with Crippen molar-refractivity contribution in [1.29, 1.82) is 0 Å². The number of hydrogen-bond donors (Lipinski definition) is 3. The van der Waals surface area contributed by atoms with Gasteiger partial charge in [0.1, 0.15) is 0 Å². The van der Waals surface area contributed by atoms with Gasteiger partial charge in [-0.05, 0) is 61.4 Å². The summed E-state index contributed by atoms with van der Waals surface area (Å²) in [6, 6.07) is 18.9. The molecule has 3 N–H and O–H groups in total. The predicted octanol–water partition coefficient (Wildman–Crippen LogP) is 4.74. The molecular formula is C23H20ClN3O4S. The number of para-hydroxylation sites is 1. The smallest absolute Gasteiger partial charge is 0.261 e. The topological polar surface area (TPSA) is 104 Å². The van der Waals surface area contributed by atoms with E-state index in [0.29, 0.717) is 11.4 Å². The van der Waals surface area contributed by atoms with E-state index in [4.69, 9.17) is 11.6 Å². The Hall–Kier alpha value is -3.36. The van der Waals surface area contributed by atoms with Crippen LogP contribution >= 0.6 is 11.6 Å². The van der Waals surface area contributed by atoms with Gasteiger partial charge in [0, 0.05) is 22.9 Å². The highest BCUT2D eigenvalue weighted by Crippen LogP contribution is 2.30. The first-order valence-corrected chi connectivity index (χ1v) is 11.8. The summed E-state index contributed by atoms with van der Waals surface area (Å²) in [4.78, 5) is 24.6. The molecule has 0 spiro atoms. The van der Waals surface area contributed by atoms with Gasteiger partial charge in [-0.15, -0.1) is 0 Å². The van der Waals surface area contributed by atoms with Crippen molar-refractivity contribution in [1.82, 2.24) is 0 Å². The van der Waals surface area contributed by atoms with E-state index in [9.17, 15) is 18.0 Å². The Kier molecular flexibility index (Phi) is 6.16. The van der Waals surface area contributed by atoms with Gasteiger partial charge in [-0.25, -0.2) is 8.42 Å². The van der Waals surface area contributed by atoms with Crippen molar-refractivity contribution in [2.24, 2.45) is 5.92 Å². The lowest BCUT2D eigenvalue weighted by molar-refractivity contribution is -0.117. The molecule has 3 aromatic rings.